The van der Waals surface area contributed by atoms with E-state index in [1.165, 1.54) is 13.1 Å². The summed E-state index contributed by atoms with van der Waals surface area (Å²) in [7, 11) is 0. The van der Waals surface area contributed by atoms with Crippen LogP contribution >= 0.6 is 0 Å². The van der Waals surface area contributed by atoms with E-state index < -0.39 is 5.92 Å². The van der Waals surface area contributed by atoms with Crippen LogP contribution in [-0.4, -0.2) is 16.1 Å². The van der Waals surface area contributed by atoms with Crippen molar-refractivity contribution in [2.75, 3.05) is 5.32 Å². The lowest BCUT2D eigenvalue weighted by Crippen LogP contribution is -2.19. The minimum atomic E-state index is -0.679. The smallest absolute Gasteiger partial charge is 0.242 e. The maximum Gasteiger partial charge on any atom is 0.242 e. The molecule has 0 aromatic carbocycles. The molecule has 0 aliphatic rings. The molecule has 1 atom stereocenters. The van der Waals surface area contributed by atoms with Crippen molar-refractivity contribution in [2.24, 2.45) is 5.92 Å². The Morgan fingerprint density at radius 3 is 3.08 bits per heavy atom. The summed E-state index contributed by atoms with van der Waals surface area (Å²) in [5, 5.41) is 18.1. The van der Waals surface area contributed by atoms with Gasteiger partial charge in [0.2, 0.25) is 5.91 Å². The van der Waals surface area contributed by atoms with E-state index in [1.807, 2.05) is 6.07 Å². The molecule has 5 nitrogen and oxygen atoms in total. The lowest BCUT2D eigenvalue weighted by atomic mass is 10.2. The monoisotopic (exact) mass is 176 g/mol. The van der Waals surface area contributed by atoms with E-state index in [1.54, 1.807) is 12.1 Å². The Morgan fingerprint density at radius 1 is 1.77 bits per heavy atom. The van der Waals surface area contributed by atoms with Crippen LogP contribution < -0.4 is 5.32 Å². The number of nitrogens with one attached hydrogen (secondary N) is 1. The van der Waals surface area contributed by atoms with Gasteiger partial charge in [-0.1, -0.05) is 0 Å². The summed E-state index contributed by atoms with van der Waals surface area (Å²) in [6.45, 7) is 1.52. The van der Waals surface area contributed by atoms with Gasteiger partial charge in [-0.15, -0.1) is 5.10 Å². The molecule has 0 saturated heterocycles. The van der Waals surface area contributed by atoms with Gasteiger partial charge in [0, 0.05) is 6.20 Å². The predicted molar refractivity (Wildman–Crippen MR) is 45.4 cm³/mol. The Kier molecular flexibility index (Phi) is 2.92. The second kappa shape index (κ2) is 4.16. The fourth-order valence-corrected chi connectivity index (χ4v) is 0.661. The fourth-order valence-electron chi connectivity index (χ4n) is 0.661. The maximum absolute atomic E-state index is 11.1. The van der Waals surface area contributed by atoms with E-state index in [2.05, 4.69) is 15.5 Å². The second-order valence-corrected chi connectivity index (χ2v) is 2.45. The standard InChI is InChI=1S/C8H8N4O/c1-6(5-9)8(13)11-7-3-2-4-10-12-7/h2-4,6H,1H3,(H,11,12,13). The normalized spacial score (nSPS) is 11.4. The number of rotatable bonds is 2. The number of amides is 1. The highest BCUT2D eigenvalue weighted by atomic mass is 16.1. The van der Waals surface area contributed by atoms with Gasteiger partial charge in [0.25, 0.3) is 0 Å². The maximum atomic E-state index is 11.1. The SMILES string of the molecule is CC(C#N)C(=O)Nc1cccnn1. The molecule has 66 valence electrons. The number of carbonyl (C=O) groups excluding carboxylic acids is 1. The van der Waals surface area contributed by atoms with Crippen molar-refractivity contribution in [1.29, 1.82) is 5.26 Å². The molecule has 0 radical (unpaired) electrons. The molecule has 1 amide bonds. The summed E-state index contributed by atoms with van der Waals surface area (Å²) in [6.07, 6.45) is 1.50. The van der Waals surface area contributed by atoms with Gasteiger partial charge in [0.15, 0.2) is 5.82 Å². The number of carbonyl (C=O) groups is 1. The number of hydrogen-bond donors (Lipinski definition) is 1. The van der Waals surface area contributed by atoms with Gasteiger partial charge < -0.3 is 5.32 Å². The quantitative estimate of drug-likeness (QED) is 0.714. The highest BCUT2D eigenvalue weighted by Gasteiger charge is 2.11. The number of aromatic nitrogens is 2. The molecule has 5 heteroatoms. The zero-order valence-electron chi connectivity index (χ0n) is 7.06. The van der Waals surface area contributed by atoms with Crippen LogP contribution in [0.4, 0.5) is 5.82 Å². The number of nitrogens with zero attached hydrogens (tertiary/aromatic N) is 3. The number of hydrogen-bond acceptors (Lipinski definition) is 4. The van der Waals surface area contributed by atoms with Gasteiger partial charge >= 0.3 is 0 Å². The summed E-state index contributed by atoms with van der Waals surface area (Å²) >= 11 is 0. The van der Waals surface area contributed by atoms with E-state index in [4.69, 9.17) is 5.26 Å². The summed E-state index contributed by atoms with van der Waals surface area (Å²) < 4.78 is 0. The van der Waals surface area contributed by atoms with Crippen molar-refractivity contribution in [3.63, 3.8) is 0 Å². The van der Waals surface area contributed by atoms with Gasteiger partial charge in [-0.3, -0.25) is 4.79 Å². The summed E-state index contributed by atoms with van der Waals surface area (Å²) in [5.74, 6) is -0.695. The third kappa shape index (κ3) is 2.52. The molecule has 0 spiro atoms. The zero-order chi connectivity index (χ0) is 9.68. The predicted octanol–water partition coefficient (Wildman–Crippen LogP) is 0.575. The Hall–Kier alpha value is -1.96. The Morgan fingerprint density at radius 2 is 2.54 bits per heavy atom. The first-order valence-electron chi connectivity index (χ1n) is 3.72. The zero-order valence-corrected chi connectivity index (χ0v) is 7.06. The topological polar surface area (TPSA) is 78.7 Å². The summed E-state index contributed by atoms with van der Waals surface area (Å²) in [5.41, 5.74) is 0. The summed E-state index contributed by atoms with van der Waals surface area (Å²) in [4.78, 5) is 11.1. The van der Waals surface area contributed by atoms with Crippen molar-refractivity contribution < 1.29 is 4.79 Å². The molecule has 0 fully saturated rings. The van der Waals surface area contributed by atoms with Crippen LogP contribution in [0.15, 0.2) is 18.3 Å². The van der Waals surface area contributed by atoms with E-state index in [9.17, 15) is 4.79 Å². The van der Waals surface area contributed by atoms with E-state index in [0.717, 1.165) is 0 Å². The van der Waals surface area contributed by atoms with E-state index >= 15 is 0 Å². The molecule has 0 aliphatic heterocycles. The van der Waals surface area contributed by atoms with Crippen LogP contribution in [0.5, 0.6) is 0 Å². The second-order valence-electron chi connectivity index (χ2n) is 2.45. The Balaban J connectivity index is 2.62. The van der Waals surface area contributed by atoms with E-state index in [-0.39, 0.29) is 5.91 Å². The third-order valence-electron chi connectivity index (χ3n) is 1.41. The molecule has 1 N–H and O–H groups in total. The van der Waals surface area contributed by atoms with Crippen LogP contribution in [0.1, 0.15) is 6.92 Å². The first kappa shape index (κ1) is 9.13. The lowest BCUT2D eigenvalue weighted by molar-refractivity contribution is -0.117. The van der Waals surface area contributed by atoms with Crippen LogP contribution in [0.2, 0.25) is 0 Å². The van der Waals surface area contributed by atoms with Crippen LogP contribution in [-0.2, 0) is 4.79 Å². The molecule has 1 unspecified atom stereocenters. The molecule has 0 saturated carbocycles. The van der Waals surface area contributed by atoms with Gasteiger partial charge in [-0.25, -0.2) is 0 Å². The first-order valence-corrected chi connectivity index (χ1v) is 3.72. The van der Waals surface area contributed by atoms with Crippen molar-refractivity contribution >= 4 is 11.7 Å². The molecule has 13 heavy (non-hydrogen) atoms. The Bertz CT molecular complexity index is 330. The molecule has 1 rings (SSSR count). The summed E-state index contributed by atoms with van der Waals surface area (Å²) in [6, 6.07) is 5.08. The van der Waals surface area contributed by atoms with Crippen molar-refractivity contribution in [3.05, 3.63) is 18.3 Å². The van der Waals surface area contributed by atoms with Crippen molar-refractivity contribution in [3.8, 4) is 6.07 Å². The van der Waals surface area contributed by atoms with E-state index in [0.29, 0.717) is 5.82 Å². The molecule has 1 heterocycles. The molecule has 0 aliphatic carbocycles. The van der Waals surface area contributed by atoms with Gasteiger partial charge in [0.05, 0.1) is 6.07 Å². The molecular weight excluding hydrogens is 168 g/mol. The van der Waals surface area contributed by atoms with Gasteiger partial charge in [-0.2, -0.15) is 10.4 Å². The first-order chi connectivity index (χ1) is 6.24. The molecule has 0 bridgehead atoms. The minimum Gasteiger partial charge on any atom is -0.308 e. The van der Waals surface area contributed by atoms with Crippen LogP contribution in [0.3, 0.4) is 0 Å². The van der Waals surface area contributed by atoms with Crippen molar-refractivity contribution in [2.45, 2.75) is 6.92 Å². The highest BCUT2D eigenvalue weighted by molar-refractivity contribution is 5.92. The third-order valence-corrected chi connectivity index (χ3v) is 1.41. The molecular formula is C8H8N4O. The van der Waals surface area contributed by atoms with Crippen molar-refractivity contribution in [1.82, 2.24) is 10.2 Å². The van der Waals surface area contributed by atoms with Crippen LogP contribution in [0.25, 0.3) is 0 Å². The minimum absolute atomic E-state index is 0.356. The average Bonchev–Trinajstić information content (AvgIpc) is 2.18. The largest absolute Gasteiger partial charge is 0.308 e. The molecule has 1 aromatic heterocycles. The van der Waals surface area contributed by atoms with Gasteiger partial charge in [0.1, 0.15) is 5.92 Å². The number of anilines is 1. The number of nitriles is 1. The Labute approximate surface area is 75.4 Å². The van der Waals surface area contributed by atoms with Gasteiger partial charge in [-0.05, 0) is 19.1 Å². The van der Waals surface area contributed by atoms with Crippen LogP contribution in [0, 0.1) is 17.2 Å². The molecule has 1 aromatic rings. The lowest BCUT2D eigenvalue weighted by Gasteiger charge is -2.02. The average molecular weight is 176 g/mol. The highest BCUT2D eigenvalue weighted by Crippen LogP contribution is 2.01. The fraction of sp³-hybridized carbons (Fsp3) is 0.250.